The van der Waals surface area contributed by atoms with E-state index in [1.807, 2.05) is 0 Å². The summed E-state index contributed by atoms with van der Waals surface area (Å²) in [5.74, 6) is 0. The number of rotatable bonds is 19. The maximum atomic E-state index is 2.33. The average molecular weight is 371 g/mol. The van der Waals surface area contributed by atoms with Crippen molar-refractivity contribution in [1.29, 1.82) is 0 Å². The van der Waals surface area contributed by atoms with Gasteiger partial charge in [-0.2, -0.15) is 0 Å². The molecule has 0 heterocycles. The van der Waals surface area contributed by atoms with Gasteiger partial charge < -0.3 is 0 Å². The maximum absolute atomic E-state index is 2.33. The summed E-state index contributed by atoms with van der Waals surface area (Å²) in [6.45, 7) is 2.30. The third kappa shape index (κ3) is 16.8. The summed E-state index contributed by atoms with van der Waals surface area (Å²) >= 11 is 0. The first kappa shape index (κ1) is 24.0. The van der Waals surface area contributed by atoms with Crippen molar-refractivity contribution in [3.05, 3.63) is 42.0 Å². The number of allylic oxidation sites excluding steroid dienone is 1. The van der Waals surface area contributed by atoms with Crippen LogP contribution in [0.1, 0.15) is 128 Å². The number of benzene rings is 1. The Morgan fingerprint density at radius 1 is 0.519 bits per heavy atom. The van der Waals surface area contributed by atoms with E-state index in [2.05, 4.69) is 49.4 Å². The standard InChI is InChI=1S/C27H46/c1-2-3-4-5-6-7-8-9-10-11-12-13-14-15-16-17-18-19-21-24-27-25-22-20-23-26-27/h20-26H,2-19H2,1H3/b24-21+. The predicted octanol–water partition coefficient (Wildman–Crippen LogP) is 9.74. The van der Waals surface area contributed by atoms with Crippen LogP contribution in [0.15, 0.2) is 36.4 Å². The van der Waals surface area contributed by atoms with Gasteiger partial charge in [-0.15, -0.1) is 0 Å². The molecule has 0 aromatic heterocycles. The fourth-order valence-corrected chi connectivity index (χ4v) is 3.77. The molecule has 0 amide bonds. The minimum atomic E-state index is 1.23. The van der Waals surface area contributed by atoms with Gasteiger partial charge in [0.05, 0.1) is 0 Å². The second kappa shape index (κ2) is 19.7. The van der Waals surface area contributed by atoms with Gasteiger partial charge in [0.25, 0.3) is 0 Å². The van der Waals surface area contributed by atoms with Crippen LogP contribution < -0.4 is 0 Å². The molecule has 0 bridgehead atoms. The lowest BCUT2D eigenvalue weighted by atomic mass is 10.0. The van der Waals surface area contributed by atoms with Gasteiger partial charge in [0.2, 0.25) is 0 Å². The van der Waals surface area contributed by atoms with Gasteiger partial charge in [0.1, 0.15) is 0 Å². The number of hydrogen-bond acceptors (Lipinski definition) is 0. The van der Waals surface area contributed by atoms with E-state index in [9.17, 15) is 0 Å². The monoisotopic (exact) mass is 370 g/mol. The smallest absolute Gasteiger partial charge is 0.0260 e. The molecule has 0 nitrogen and oxygen atoms in total. The molecule has 0 fully saturated rings. The lowest BCUT2D eigenvalue weighted by Gasteiger charge is -2.03. The molecule has 0 saturated carbocycles. The van der Waals surface area contributed by atoms with Crippen LogP contribution in [0, 0.1) is 0 Å². The quantitative estimate of drug-likeness (QED) is 0.212. The van der Waals surface area contributed by atoms with Crippen molar-refractivity contribution in [3.8, 4) is 0 Å². The van der Waals surface area contributed by atoms with Crippen LogP contribution >= 0.6 is 0 Å². The zero-order chi connectivity index (χ0) is 19.3. The molecule has 0 heteroatoms. The molecule has 0 unspecified atom stereocenters. The van der Waals surface area contributed by atoms with Crippen LogP contribution in [-0.4, -0.2) is 0 Å². The first-order chi connectivity index (χ1) is 13.4. The summed E-state index contributed by atoms with van der Waals surface area (Å²) in [4.78, 5) is 0. The van der Waals surface area contributed by atoms with E-state index in [0.717, 1.165) is 0 Å². The van der Waals surface area contributed by atoms with E-state index in [1.165, 1.54) is 121 Å². The van der Waals surface area contributed by atoms with Crippen molar-refractivity contribution in [2.75, 3.05) is 0 Å². The van der Waals surface area contributed by atoms with E-state index in [4.69, 9.17) is 0 Å². The summed E-state index contributed by atoms with van der Waals surface area (Å²) in [7, 11) is 0. The van der Waals surface area contributed by atoms with E-state index >= 15 is 0 Å². The topological polar surface area (TPSA) is 0 Å². The highest BCUT2D eigenvalue weighted by atomic mass is 14.0. The minimum Gasteiger partial charge on any atom is -0.0839 e. The lowest BCUT2D eigenvalue weighted by molar-refractivity contribution is 0.527. The van der Waals surface area contributed by atoms with Gasteiger partial charge in [0, 0.05) is 0 Å². The van der Waals surface area contributed by atoms with Gasteiger partial charge in [-0.1, -0.05) is 152 Å². The highest BCUT2D eigenvalue weighted by molar-refractivity contribution is 5.48. The van der Waals surface area contributed by atoms with Crippen molar-refractivity contribution in [2.24, 2.45) is 0 Å². The van der Waals surface area contributed by atoms with Crippen molar-refractivity contribution < 1.29 is 0 Å². The fourth-order valence-electron chi connectivity index (χ4n) is 3.77. The van der Waals surface area contributed by atoms with Crippen molar-refractivity contribution in [1.82, 2.24) is 0 Å². The molecule has 0 saturated heterocycles. The Morgan fingerprint density at radius 2 is 0.926 bits per heavy atom. The highest BCUT2D eigenvalue weighted by Gasteiger charge is 1.94. The minimum absolute atomic E-state index is 1.23. The Kier molecular flexibility index (Phi) is 17.5. The molecular weight excluding hydrogens is 324 g/mol. The normalized spacial score (nSPS) is 11.4. The van der Waals surface area contributed by atoms with Gasteiger partial charge in [-0.3, -0.25) is 0 Å². The van der Waals surface area contributed by atoms with E-state index < -0.39 is 0 Å². The predicted molar refractivity (Wildman–Crippen MR) is 124 cm³/mol. The molecule has 27 heavy (non-hydrogen) atoms. The first-order valence-corrected chi connectivity index (χ1v) is 12.1. The molecular formula is C27H46. The molecule has 0 atom stereocenters. The fraction of sp³-hybridized carbons (Fsp3) is 0.704. The summed E-state index contributed by atoms with van der Waals surface area (Å²) in [6, 6.07) is 10.6. The molecule has 0 aliphatic rings. The lowest BCUT2D eigenvalue weighted by Crippen LogP contribution is -1.83. The Hall–Kier alpha value is -1.04. The summed E-state index contributed by atoms with van der Waals surface area (Å²) < 4.78 is 0. The number of unbranched alkanes of at least 4 members (excludes halogenated alkanes) is 17. The zero-order valence-corrected chi connectivity index (χ0v) is 18.3. The summed E-state index contributed by atoms with van der Waals surface area (Å²) in [6.07, 6.45) is 30.4. The molecule has 154 valence electrons. The van der Waals surface area contributed by atoms with Crippen LogP contribution in [-0.2, 0) is 0 Å². The molecule has 1 aromatic rings. The van der Waals surface area contributed by atoms with Gasteiger partial charge in [-0.25, -0.2) is 0 Å². The van der Waals surface area contributed by atoms with E-state index in [0.29, 0.717) is 0 Å². The van der Waals surface area contributed by atoms with Crippen LogP contribution in [0.5, 0.6) is 0 Å². The third-order valence-electron chi connectivity index (χ3n) is 5.58. The van der Waals surface area contributed by atoms with Crippen LogP contribution in [0.2, 0.25) is 0 Å². The van der Waals surface area contributed by atoms with E-state index in [-0.39, 0.29) is 0 Å². The summed E-state index contributed by atoms with van der Waals surface area (Å²) in [5.41, 5.74) is 1.32. The van der Waals surface area contributed by atoms with Crippen LogP contribution in [0.3, 0.4) is 0 Å². The molecule has 1 aromatic carbocycles. The average Bonchev–Trinajstić information content (AvgIpc) is 2.70. The Labute approximate surface area is 170 Å². The SMILES string of the molecule is CCCCCCCCCCCCCCCCCCC/C=C/c1ccccc1. The largest absolute Gasteiger partial charge is 0.0839 e. The Bertz CT molecular complexity index is 417. The second-order valence-corrected chi connectivity index (χ2v) is 8.26. The van der Waals surface area contributed by atoms with Crippen molar-refractivity contribution >= 4 is 6.08 Å². The Morgan fingerprint density at radius 3 is 1.37 bits per heavy atom. The van der Waals surface area contributed by atoms with Crippen LogP contribution in [0.4, 0.5) is 0 Å². The highest BCUT2D eigenvalue weighted by Crippen LogP contribution is 2.14. The van der Waals surface area contributed by atoms with Gasteiger partial charge in [0.15, 0.2) is 0 Å². The Balaban J connectivity index is 1.71. The molecule has 0 aliphatic carbocycles. The zero-order valence-electron chi connectivity index (χ0n) is 18.3. The van der Waals surface area contributed by atoms with Crippen molar-refractivity contribution in [3.63, 3.8) is 0 Å². The van der Waals surface area contributed by atoms with Crippen molar-refractivity contribution in [2.45, 2.75) is 122 Å². The summed E-state index contributed by atoms with van der Waals surface area (Å²) in [5, 5.41) is 0. The maximum Gasteiger partial charge on any atom is -0.0260 e. The molecule has 1 rings (SSSR count). The molecule has 0 N–H and O–H groups in total. The van der Waals surface area contributed by atoms with Gasteiger partial charge in [-0.05, 0) is 18.4 Å². The number of hydrogen-bond donors (Lipinski definition) is 0. The van der Waals surface area contributed by atoms with Crippen LogP contribution in [0.25, 0.3) is 6.08 Å². The first-order valence-electron chi connectivity index (χ1n) is 12.1. The third-order valence-corrected chi connectivity index (χ3v) is 5.58. The van der Waals surface area contributed by atoms with E-state index in [1.54, 1.807) is 0 Å². The molecule has 0 aliphatic heterocycles. The van der Waals surface area contributed by atoms with Gasteiger partial charge >= 0.3 is 0 Å². The molecule has 0 spiro atoms. The molecule has 0 radical (unpaired) electrons. The second-order valence-electron chi connectivity index (χ2n) is 8.26.